The normalized spacial score (nSPS) is 10.2. The maximum Gasteiger partial charge on any atom is 0.118 e. The van der Waals surface area contributed by atoms with E-state index in [0.717, 1.165) is 30.8 Å². The van der Waals surface area contributed by atoms with Crippen molar-refractivity contribution in [2.75, 3.05) is 14.2 Å². The van der Waals surface area contributed by atoms with Crippen molar-refractivity contribution in [3.63, 3.8) is 0 Å². The van der Waals surface area contributed by atoms with Crippen LogP contribution in [0.15, 0.2) is 109 Å². The van der Waals surface area contributed by atoms with Crippen LogP contribution in [0.3, 0.4) is 0 Å². The molecule has 0 aromatic heterocycles. The molecule has 0 heterocycles. The zero-order valence-electron chi connectivity index (χ0n) is 29.2. The van der Waals surface area contributed by atoms with E-state index in [1.165, 1.54) is 54.9 Å². The first-order valence-corrected chi connectivity index (χ1v) is 16.0. The molecule has 0 saturated carbocycles. The van der Waals surface area contributed by atoms with Gasteiger partial charge >= 0.3 is 0 Å². The van der Waals surface area contributed by atoms with Gasteiger partial charge < -0.3 is 54.6 Å². The van der Waals surface area contributed by atoms with Crippen molar-refractivity contribution in [1.82, 2.24) is 0 Å². The Morgan fingerprint density at radius 3 is 1.19 bits per heavy atom. The van der Waals surface area contributed by atoms with Gasteiger partial charge in [0.15, 0.2) is 0 Å². The van der Waals surface area contributed by atoms with E-state index >= 15 is 0 Å². The maximum absolute atomic E-state index is 5.24. The Balaban J connectivity index is 0.000000420. The maximum atomic E-state index is 5.24. The number of fused-ring (bicyclic) bond motifs is 2. The van der Waals surface area contributed by atoms with E-state index < -0.39 is 0 Å². The van der Waals surface area contributed by atoms with Crippen LogP contribution >= 0.6 is 0 Å². The van der Waals surface area contributed by atoms with Gasteiger partial charge in [-0.25, -0.2) is 0 Å². The van der Waals surface area contributed by atoms with E-state index in [4.69, 9.17) is 9.47 Å². The molecule has 0 saturated heterocycles. The van der Waals surface area contributed by atoms with Gasteiger partial charge in [-0.3, -0.25) is 0 Å². The van der Waals surface area contributed by atoms with E-state index in [-0.39, 0.29) is 50.7 Å². The molecule has 6 aromatic rings. The third kappa shape index (κ3) is 11.6. The van der Waals surface area contributed by atoms with Gasteiger partial charge in [0, 0.05) is 25.8 Å². The third-order valence-electron chi connectivity index (χ3n) is 7.71. The third-order valence-corrected chi connectivity index (χ3v) is 7.71. The molecule has 6 aromatic carbocycles. The molecule has 0 N–H and O–H groups in total. The van der Waals surface area contributed by atoms with Gasteiger partial charge in [0.2, 0.25) is 0 Å². The number of halogens is 2. The van der Waals surface area contributed by atoms with Crippen LogP contribution in [0.1, 0.15) is 45.2 Å². The summed E-state index contributed by atoms with van der Waals surface area (Å²) in [5, 5.41) is 5.36. The van der Waals surface area contributed by atoms with Crippen LogP contribution in [0.5, 0.6) is 11.5 Å². The van der Waals surface area contributed by atoms with Gasteiger partial charge in [-0.15, -0.1) is 69.1 Å². The van der Waals surface area contributed by atoms with Crippen molar-refractivity contribution >= 4 is 21.5 Å². The average Bonchev–Trinajstić information content (AvgIpc) is 3.64. The number of ether oxygens (including phenoxy) is 2. The summed E-state index contributed by atoms with van der Waals surface area (Å²) in [6.07, 6.45) is 3.02. The van der Waals surface area contributed by atoms with Gasteiger partial charge in [0.1, 0.15) is 11.5 Å². The number of benzene rings is 4. The molecule has 0 unspecified atom stereocenters. The van der Waals surface area contributed by atoms with Crippen LogP contribution in [0.4, 0.5) is 0 Å². The Kier molecular flexibility index (Phi) is 19.1. The minimum absolute atomic E-state index is 0. The second-order valence-electron chi connectivity index (χ2n) is 12.4. The molecule has 0 aliphatic rings. The summed E-state index contributed by atoms with van der Waals surface area (Å²) in [7, 11) is 3.40. The molecule has 2 nitrogen and oxygen atoms in total. The topological polar surface area (TPSA) is 18.5 Å². The van der Waals surface area contributed by atoms with E-state index in [9.17, 15) is 0 Å². The number of hydrogen-bond acceptors (Lipinski definition) is 2. The van der Waals surface area contributed by atoms with Gasteiger partial charge in [0.25, 0.3) is 0 Å². The van der Waals surface area contributed by atoms with Crippen molar-refractivity contribution in [2.24, 2.45) is 11.8 Å². The fourth-order valence-electron chi connectivity index (χ4n) is 5.82. The Hall–Kier alpha value is -2.85. The molecule has 6 rings (SSSR count). The van der Waals surface area contributed by atoms with Gasteiger partial charge in [0.05, 0.1) is 14.2 Å². The molecule has 0 bridgehead atoms. The van der Waals surface area contributed by atoms with Crippen LogP contribution in [-0.2, 0) is 38.7 Å². The summed E-state index contributed by atoms with van der Waals surface area (Å²) in [5.41, 5.74) is 7.93. The molecule has 5 heteroatoms. The molecule has 0 amide bonds. The Morgan fingerprint density at radius 2 is 0.896 bits per heavy atom. The second kappa shape index (κ2) is 21.3. The number of hydrogen-bond donors (Lipinski definition) is 0. The fourth-order valence-corrected chi connectivity index (χ4v) is 5.82. The summed E-state index contributed by atoms with van der Waals surface area (Å²) < 4.78 is 10.5. The SMILES string of the molecule is COc1ccc(-c2cccc3[cH-]c(CC(C)C)cc23)cc1.COc1ccc(-c2cccc3[cH-]c(CC(C)C)cc23)cc1.[CH2-]C[CH2-].[Cl-].[Cl-].[Hf]. The Labute approximate surface area is 320 Å². The van der Waals surface area contributed by atoms with E-state index in [1.54, 1.807) is 14.2 Å². The van der Waals surface area contributed by atoms with E-state index in [1.807, 2.05) is 24.3 Å². The quantitative estimate of drug-likeness (QED) is 0.140. The van der Waals surface area contributed by atoms with Crippen molar-refractivity contribution < 1.29 is 60.1 Å². The molecule has 0 atom stereocenters. The van der Waals surface area contributed by atoms with Gasteiger partial charge in [-0.05, 0) is 60.1 Å². The minimum Gasteiger partial charge on any atom is -1.00 e. The van der Waals surface area contributed by atoms with Gasteiger partial charge in [-0.2, -0.15) is 12.1 Å². The summed E-state index contributed by atoms with van der Waals surface area (Å²) in [6, 6.07) is 39.0. The summed E-state index contributed by atoms with van der Waals surface area (Å²) in [4.78, 5) is 0. The molecule has 0 spiro atoms. The van der Waals surface area contributed by atoms with Crippen LogP contribution in [0.25, 0.3) is 43.8 Å². The van der Waals surface area contributed by atoms with Crippen molar-refractivity contribution in [3.05, 3.63) is 134 Å². The van der Waals surface area contributed by atoms with Crippen LogP contribution in [0, 0.1) is 25.7 Å². The van der Waals surface area contributed by atoms with Gasteiger partial charge in [-0.1, -0.05) is 75.2 Å². The zero-order valence-corrected chi connectivity index (χ0v) is 34.3. The zero-order chi connectivity index (χ0) is 32.3. The minimum atomic E-state index is 0. The molecular formula is C43H48Cl2HfO2-6. The van der Waals surface area contributed by atoms with Crippen LogP contribution in [0.2, 0.25) is 0 Å². The van der Waals surface area contributed by atoms with Crippen molar-refractivity contribution in [3.8, 4) is 33.8 Å². The smallest absolute Gasteiger partial charge is 0.118 e. The first-order chi connectivity index (χ1) is 21.8. The van der Waals surface area contributed by atoms with Crippen LogP contribution < -0.4 is 34.3 Å². The first-order valence-electron chi connectivity index (χ1n) is 16.0. The number of rotatable bonds is 8. The summed E-state index contributed by atoms with van der Waals surface area (Å²) in [5.74, 6) is 3.17. The molecule has 0 radical (unpaired) electrons. The number of methoxy groups -OCH3 is 2. The molecule has 256 valence electrons. The predicted octanol–water partition coefficient (Wildman–Crippen LogP) is 5.92. The summed E-state index contributed by atoms with van der Waals surface area (Å²) in [6.45, 7) is 15.8. The summed E-state index contributed by atoms with van der Waals surface area (Å²) >= 11 is 0. The fraction of sp³-hybridized carbons (Fsp3) is 0.256. The average molecular weight is 846 g/mol. The first kappa shape index (κ1) is 43.2. The monoisotopic (exact) mass is 846 g/mol. The Morgan fingerprint density at radius 1 is 0.562 bits per heavy atom. The Bertz CT molecular complexity index is 1630. The van der Waals surface area contributed by atoms with Crippen molar-refractivity contribution in [1.29, 1.82) is 0 Å². The van der Waals surface area contributed by atoms with E-state index in [0.29, 0.717) is 11.8 Å². The standard InChI is InChI=1S/2C20H21O.C3H6.2ClH.Hf/c2*1-14(2)11-15-12-17-5-4-6-19(20(17)13-15)16-7-9-18(21-3)10-8-16;1-3-2;;;/h2*4-10,12-14H,11H2,1-3H3;1-3H2;2*1H;/q2*-1;-2;;;/p-2. The molecular weight excluding hydrogens is 798 g/mol. The van der Waals surface area contributed by atoms with E-state index in [2.05, 4.69) is 126 Å². The molecule has 0 fully saturated rings. The molecule has 0 aliphatic carbocycles. The van der Waals surface area contributed by atoms with Crippen molar-refractivity contribution in [2.45, 2.75) is 47.0 Å². The molecule has 0 aliphatic heterocycles. The predicted molar refractivity (Wildman–Crippen MR) is 195 cm³/mol. The second-order valence-corrected chi connectivity index (χ2v) is 12.4. The molecule has 48 heavy (non-hydrogen) atoms. The van der Waals surface area contributed by atoms with Crippen LogP contribution in [-0.4, -0.2) is 14.2 Å². The largest absolute Gasteiger partial charge is 1.00 e.